The Morgan fingerprint density at radius 1 is 1.44 bits per heavy atom. The van der Waals surface area contributed by atoms with Crippen LogP contribution in [0.15, 0.2) is 0 Å². The minimum atomic E-state index is 0.130. The molecule has 3 heteroatoms. The molecular weight excluding hydrogens is 116 g/mol. The summed E-state index contributed by atoms with van der Waals surface area (Å²) in [6.07, 6.45) is 1.07. The molecule has 3 N–H and O–H groups in total. The lowest BCUT2D eigenvalue weighted by Gasteiger charge is -2.16. The summed E-state index contributed by atoms with van der Waals surface area (Å²) in [5.41, 5.74) is 5.28. The van der Waals surface area contributed by atoms with Crippen LogP contribution in [0.4, 0.5) is 0 Å². The third-order valence-corrected chi connectivity index (χ3v) is 1.19. The molecule has 0 unspecified atom stereocenters. The van der Waals surface area contributed by atoms with Crippen molar-refractivity contribution < 1.29 is 5.11 Å². The fraction of sp³-hybridized carbons (Fsp3) is 1.00. The molecule has 0 rings (SSSR count). The van der Waals surface area contributed by atoms with Gasteiger partial charge < -0.3 is 10.8 Å². The monoisotopic (exact) mass is 132 g/mol. The second kappa shape index (κ2) is 6.01. The summed E-state index contributed by atoms with van der Waals surface area (Å²) in [5, 5.41) is 8.66. The topological polar surface area (TPSA) is 49.5 Å². The summed E-state index contributed by atoms with van der Waals surface area (Å²) < 4.78 is 0. The number of rotatable bonds is 5. The molecule has 3 nitrogen and oxygen atoms in total. The molecule has 0 amide bonds. The van der Waals surface area contributed by atoms with Gasteiger partial charge in [-0.15, -0.1) is 0 Å². The molecular formula is C6H16N2O. The lowest BCUT2D eigenvalue weighted by molar-refractivity contribution is 0.110. The number of aliphatic hydroxyl groups excluding tert-OH is 1. The van der Waals surface area contributed by atoms with E-state index in [1.807, 2.05) is 4.90 Å². The van der Waals surface area contributed by atoms with E-state index < -0.39 is 0 Å². The second-order valence-electron chi connectivity index (χ2n) is 2.05. The number of nitrogens with zero attached hydrogens (tertiary/aromatic N) is 1. The van der Waals surface area contributed by atoms with Crippen molar-refractivity contribution in [3.05, 3.63) is 0 Å². The summed E-state index contributed by atoms with van der Waals surface area (Å²) in [5.74, 6) is 0. The third kappa shape index (κ3) is 4.39. The quantitative estimate of drug-likeness (QED) is 0.501. The molecule has 0 aliphatic heterocycles. The van der Waals surface area contributed by atoms with E-state index in [9.17, 15) is 0 Å². The predicted molar refractivity (Wildman–Crippen MR) is 38.0 cm³/mol. The highest BCUT2D eigenvalue weighted by Gasteiger charge is 1.97. The van der Waals surface area contributed by atoms with Crippen molar-refractivity contribution in [1.82, 2.24) is 4.90 Å². The van der Waals surface area contributed by atoms with Gasteiger partial charge in [-0.1, -0.05) is 6.92 Å². The summed E-state index contributed by atoms with van der Waals surface area (Å²) in [6.45, 7) is 4.57. The van der Waals surface area contributed by atoms with Crippen LogP contribution in [0.3, 0.4) is 0 Å². The SMILES string of the molecule is CCCN(CO)CCN. The van der Waals surface area contributed by atoms with Gasteiger partial charge in [0.1, 0.15) is 0 Å². The molecule has 0 saturated carbocycles. The van der Waals surface area contributed by atoms with Crippen LogP contribution in [-0.2, 0) is 0 Å². The lowest BCUT2D eigenvalue weighted by Crippen LogP contribution is -2.30. The molecule has 0 aromatic carbocycles. The fourth-order valence-electron chi connectivity index (χ4n) is 0.752. The van der Waals surface area contributed by atoms with Crippen LogP contribution in [0.1, 0.15) is 13.3 Å². The van der Waals surface area contributed by atoms with Gasteiger partial charge in [0.2, 0.25) is 0 Å². The van der Waals surface area contributed by atoms with Gasteiger partial charge in [0.05, 0.1) is 6.73 Å². The van der Waals surface area contributed by atoms with Crippen LogP contribution < -0.4 is 5.73 Å². The minimum absolute atomic E-state index is 0.130. The van der Waals surface area contributed by atoms with E-state index in [-0.39, 0.29) is 6.73 Å². The highest BCUT2D eigenvalue weighted by molar-refractivity contribution is 4.50. The molecule has 9 heavy (non-hydrogen) atoms. The second-order valence-corrected chi connectivity index (χ2v) is 2.05. The fourth-order valence-corrected chi connectivity index (χ4v) is 0.752. The molecule has 0 aliphatic rings. The molecule has 0 aromatic heterocycles. The van der Waals surface area contributed by atoms with Crippen molar-refractivity contribution in [3.8, 4) is 0 Å². The van der Waals surface area contributed by atoms with Crippen LogP contribution in [-0.4, -0.2) is 36.4 Å². The maximum Gasteiger partial charge on any atom is 0.0956 e. The van der Waals surface area contributed by atoms with Gasteiger partial charge >= 0.3 is 0 Å². The Balaban J connectivity index is 3.18. The van der Waals surface area contributed by atoms with E-state index in [1.165, 1.54) is 0 Å². The maximum atomic E-state index is 8.66. The number of hydrogen-bond donors (Lipinski definition) is 2. The molecule has 0 radical (unpaired) electrons. The number of nitrogens with two attached hydrogens (primary N) is 1. The minimum Gasteiger partial charge on any atom is -0.381 e. The van der Waals surface area contributed by atoms with E-state index in [1.54, 1.807) is 0 Å². The van der Waals surface area contributed by atoms with Crippen LogP contribution >= 0.6 is 0 Å². The third-order valence-electron chi connectivity index (χ3n) is 1.19. The normalized spacial score (nSPS) is 10.7. The molecule has 0 fully saturated rings. The first-order valence-electron chi connectivity index (χ1n) is 3.38. The largest absolute Gasteiger partial charge is 0.381 e. The number of hydrogen-bond acceptors (Lipinski definition) is 3. The Morgan fingerprint density at radius 3 is 2.44 bits per heavy atom. The first kappa shape index (κ1) is 8.88. The zero-order valence-electron chi connectivity index (χ0n) is 6.01. The predicted octanol–water partition coefficient (Wildman–Crippen LogP) is -0.393. The molecule has 0 aliphatic carbocycles. The van der Waals surface area contributed by atoms with Crippen molar-refractivity contribution in [2.75, 3.05) is 26.4 Å². The molecule has 56 valence electrons. The molecule has 0 saturated heterocycles. The van der Waals surface area contributed by atoms with Crippen molar-refractivity contribution in [2.24, 2.45) is 5.73 Å². The van der Waals surface area contributed by atoms with E-state index in [2.05, 4.69) is 6.92 Å². The van der Waals surface area contributed by atoms with Gasteiger partial charge in [0.15, 0.2) is 0 Å². The van der Waals surface area contributed by atoms with Crippen molar-refractivity contribution in [2.45, 2.75) is 13.3 Å². The highest BCUT2D eigenvalue weighted by Crippen LogP contribution is 1.86. The highest BCUT2D eigenvalue weighted by atomic mass is 16.3. The standard InChI is InChI=1S/C6H16N2O/c1-2-4-8(6-9)5-3-7/h9H,2-7H2,1H3. The molecule has 0 heterocycles. The Bertz CT molecular complexity index is 53.0. The zero-order valence-corrected chi connectivity index (χ0v) is 6.01. The van der Waals surface area contributed by atoms with Crippen molar-refractivity contribution >= 4 is 0 Å². The molecule has 0 atom stereocenters. The van der Waals surface area contributed by atoms with Gasteiger partial charge in [0.25, 0.3) is 0 Å². The van der Waals surface area contributed by atoms with E-state index in [0.29, 0.717) is 6.54 Å². The Kier molecular flexibility index (Phi) is 5.93. The van der Waals surface area contributed by atoms with E-state index >= 15 is 0 Å². The molecule has 0 spiro atoms. The van der Waals surface area contributed by atoms with Gasteiger partial charge in [-0.05, 0) is 6.42 Å². The maximum absolute atomic E-state index is 8.66. The van der Waals surface area contributed by atoms with E-state index in [0.717, 1.165) is 19.5 Å². The average molecular weight is 132 g/mol. The summed E-state index contributed by atoms with van der Waals surface area (Å²) in [7, 11) is 0. The van der Waals surface area contributed by atoms with Gasteiger partial charge in [-0.25, -0.2) is 0 Å². The number of aliphatic hydroxyl groups is 1. The zero-order chi connectivity index (χ0) is 7.11. The molecule has 0 aromatic rings. The van der Waals surface area contributed by atoms with Crippen LogP contribution in [0.5, 0.6) is 0 Å². The van der Waals surface area contributed by atoms with E-state index in [4.69, 9.17) is 10.8 Å². The smallest absolute Gasteiger partial charge is 0.0956 e. The average Bonchev–Trinajstić information content (AvgIpc) is 1.88. The Labute approximate surface area is 56.5 Å². The Hall–Kier alpha value is -0.120. The van der Waals surface area contributed by atoms with Crippen molar-refractivity contribution in [3.63, 3.8) is 0 Å². The lowest BCUT2D eigenvalue weighted by atomic mass is 10.4. The summed E-state index contributed by atoms with van der Waals surface area (Å²) >= 11 is 0. The first-order valence-corrected chi connectivity index (χ1v) is 3.38. The van der Waals surface area contributed by atoms with Crippen LogP contribution in [0, 0.1) is 0 Å². The first-order chi connectivity index (χ1) is 4.35. The van der Waals surface area contributed by atoms with Crippen molar-refractivity contribution in [1.29, 1.82) is 0 Å². The van der Waals surface area contributed by atoms with Gasteiger partial charge in [-0.3, -0.25) is 4.90 Å². The van der Waals surface area contributed by atoms with Gasteiger partial charge in [0, 0.05) is 19.6 Å². The summed E-state index contributed by atoms with van der Waals surface area (Å²) in [6, 6.07) is 0. The van der Waals surface area contributed by atoms with Crippen LogP contribution in [0.25, 0.3) is 0 Å². The molecule has 0 bridgehead atoms. The summed E-state index contributed by atoms with van der Waals surface area (Å²) in [4.78, 5) is 1.92. The van der Waals surface area contributed by atoms with Gasteiger partial charge in [-0.2, -0.15) is 0 Å². The van der Waals surface area contributed by atoms with Crippen LogP contribution in [0.2, 0.25) is 0 Å². The Morgan fingerprint density at radius 2 is 2.11 bits per heavy atom.